The first-order valence-corrected chi connectivity index (χ1v) is 5.74. The molecular formula is C14H13ClO2. The maximum Gasteiger partial charge on any atom is 0.138 e. The van der Waals surface area contributed by atoms with Crippen LogP contribution in [0, 0.1) is 0 Å². The van der Waals surface area contributed by atoms with Crippen molar-refractivity contribution in [2.45, 2.75) is 13.2 Å². The zero-order valence-corrected chi connectivity index (χ0v) is 10.0. The third-order valence-corrected chi connectivity index (χ3v) is 2.88. The van der Waals surface area contributed by atoms with E-state index >= 15 is 0 Å². The third kappa shape index (κ3) is 2.99. The molecule has 1 N–H and O–H groups in total. The van der Waals surface area contributed by atoms with Crippen molar-refractivity contribution in [3.63, 3.8) is 0 Å². The number of ether oxygens (including phenoxy) is 1. The first-order chi connectivity index (χ1) is 8.31. The van der Waals surface area contributed by atoms with Gasteiger partial charge in [0.2, 0.25) is 0 Å². The summed E-state index contributed by atoms with van der Waals surface area (Å²) in [6.45, 7) is 0.386. The predicted octanol–water partition coefficient (Wildman–Crippen LogP) is 3.41. The third-order valence-electron chi connectivity index (χ3n) is 2.45. The Balaban J connectivity index is 2.09. The van der Waals surface area contributed by atoms with E-state index in [1.807, 2.05) is 36.4 Å². The highest BCUT2D eigenvalue weighted by molar-refractivity contribution is 6.32. The van der Waals surface area contributed by atoms with Crippen molar-refractivity contribution in [3.05, 3.63) is 64.7 Å². The first kappa shape index (κ1) is 12.0. The Hall–Kier alpha value is -1.51. The van der Waals surface area contributed by atoms with Gasteiger partial charge >= 0.3 is 0 Å². The number of hydrogen-bond donors (Lipinski definition) is 1. The van der Waals surface area contributed by atoms with Crippen LogP contribution in [0.3, 0.4) is 0 Å². The van der Waals surface area contributed by atoms with Gasteiger partial charge in [-0.15, -0.1) is 0 Å². The molecule has 2 rings (SSSR count). The van der Waals surface area contributed by atoms with E-state index in [4.69, 9.17) is 21.4 Å². The van der Waals surface area contributed by atoms with Crippen molar-refractivity contribution in [1.29, 1.82) is 0 Å². The van der Waals surface area contributed by atoms with E-state index in [9.17, 15) is 0 Å². The highest BCUT2D eigenvalue weighted by Gasteiger charge is 2.06. The molecule has 0 fully saturated rings. The van der Waals surface area contributed by atoms with Crippen molar-refractivity contribution in [2.24, 2.45) is 0 Å². The summed E-state index contributed by atoms with van der Waals surface area (Å²) in [6, 6.07) is 15.3. The molecule has 2 aromatic rings. The molecule has 88 valence electrons. The van der Waals surface area contributed by atoms with Gasteiger partial charge in [0, 0.05) is 0 Å². The molecule has 0 amide bonds. The van der Waals surface area contributed by atoms with Crippen molar-refractivity contribution in [1.82, 2.24) is 0 Å². The highest BCUT2D eigenvalue weighted by Crippen LogP contribution is 2.28. The molecule has 0 radical (unpaired) electrons. The van der Waals surface area contributed by atoms with E-state index in [1.54, 1.807) is 12.1 Å². The second-order valence-electron chi connectivity index (χ2n) is 3.66. The average molecular weight is 249 g/mol. The summed E-state index contributed by atoms with van der Waals surface area (Å²) >= 11 is 6.09. The minimum absolute atomic E-state index is 0.0820. The summed E-state index contributed by atoms with van der Waals surface area (Å²) in [5.41, 5.74) is 1.76. The molecule has 0 aliphatic heterocycles. The Bertz CT molecular complexity index is 483. The van der Waals surface area contributed by atoms with Gasteiger partial charge in [0.05, 0.1) is 11.6 Å². The smallest absolute Gasteiger partial charge is 0.138 e. The summed E-state index contributed by atoms with van der Waals surface area (Å²) < 4.78 is 5.62. The molecule has 0 aliphatic carbocycles. The number of hydrogen-bond acceptors (Lipinski definition) is 2. The molecule has 0 spiro atoms. The summed E-state index contributed by atoms with van der Waals surface area (Å²) in [5.74, 6) is 0.599. The van der Waals surface area contributed by atoms with Crippen molar-refractivity contribution in [3.8, 4) is 5.75 Å². The lowest BCUT2D eigenvalue weighted by Gasteiger charge is -2.10. The molecule has 0 atom stereocenters. The molecule has 0 saturated heterocycles. The molecule has 2 aromatic carbocycles. The van der Waals surface area contributed by atoms with E-state index in [2.05, 4.69) is 0 Å². The van der Waals surface area contributed by atoms with Gasteiger partial charge in [0.25, 0.3) is 0 Å². The van der Waals surface area contributed by atoms with Crippen LogP contribution in [0.4, 0.5) is 0 Å². The van der Waals surface area contributed by atoms with Gasteiger partial charge in [-0.25, -0.2) is 0 Å². The average Bonchev–Trinajstić information content (AvgIpc) is 2.39. The van der Waals surface area contributed by atoms with Crippen LogP contribution in [0.2, 0.25) is 5.02 Å². The molecule has 0 heterocycles. The fraction of sp³-hybridized carbons (Fsp3) is 0.143. The molecule has 0 saturated carbocycles. The van der Waals surface area contributed by atoms with Crippen molar-refractivity contribution < 1.29 is 9.84 Å². The lowest BCUT2D eigenvalue weighted by atomic mass is 10.2. The fourth-order valence-corrected chi connectivity index (χ4v) is 1.77. The number of aliphatic hydroxyl groups is 1. The Kier molecular flexibility index (Phi) is 4.02. The molecule has 17 heavy (non-hydrogen) atoms. The van der Waals surface area contributed by atoms with Crippen LogP contribution in [0.5, 0.6) is 5.75 Å². The van der Waals surface area contributed by atoms with Crippen LogP contribution in [0.15, 0.2) is 48.5 Å². The van der Waals surface area contributed by atoms with Crippen LogP contribution >= 0.6 is 11.6 Å². The summed E-state index contributed by atoms with van der Waals surface area (Å²) in [6.07, 6.45) is 0. The van der Waals surface area contributed by atoms with Crippen molar-refractivity contribution >= 4 is 11.6 Å². The monoisotopic (exact) mass is 248 g/mol. The van der Waals surface area contributed by atoms with Gasteiger partial charge in [-0.3, -0.25) is 0 Å². The SMILES string of the molecule is OCc1cccc(OCc2ccccc2)c1Cl. The van der Waals surface area contributed by atoms with Gasteiger partial charge in [0.15, 0.2) is 0 Å². The lowest BCUT2D eigenvalue weighted by Crippen LogP contribution is -1.97. The molecule has 0 aromatic heterocycles. The number of benzene rings is 2. The lowest BCUT2D eigenvalue weighted by molar-refractivity contribution is 0.278. The quantitative estimate of drug-likeness (QED) is 0.899. The fourth-order valence-electron chi connectivity index (χ4n) is 1.53. The van der Waals surface area contributed by atoms with Crippen LogP contribution in [-0.2, 0) is 13.2 Å². The molecule has 2 nitrogen and oxygen atoms in total. The van der Waals surface area contributed by atoms with Crippen molar-refractivity contribution in [2.75, 3.05) is 0 Å². The maximum atomic E-state index is 9.09. The summed E-state index contributed by atoms with van der Waals surface area (Å²) in [5, 5.41) is 9.57. The topological polar surface area (TPSA) is 29.5 Å². The normalized spacial score (nSPS) is 10.2. The van der Waals surface area contributed by atoms with E-state index in [1.165, 1.54) is 0 Å². The van der Waals surface area contributed by atoms with Crippen LogP contribution in [0.1, 0.15) is 11.1 Å². The second kappa shape index (κ2) is 5.71. The molecule has 3 heteroatoms. The molecule has 0 bridgehead atoms. The van der Waals surface area contributed by atoms with E-state index in [0.29, 0.717) is 22.9 Å². The van der Waals surface area contributed by atoms with Gasteiger partial charge in [-0.1, -0.05) is 54.1 Å². The standard InChI is InChI=1S/C14H13ClO2/c15-14-12(9-16)7-4-8-13(14)17-10-11-5-2-1-3-6-11/h1-8,16H,9-10H2. The van der Waals surface area contributed by atoms with E-state index in [0.717, 1.165) is 5.56 Å². The van der Waals surface area contributed by atoms with Crippen LogP contribution in [0.25, 0.3) is 0 Å². The predicted molar refractivity (Wildman–Crippen MR) is 68.1 cm³/mol. The molecule has 0 unspecified atom stereocenters. The van der Waals surface area contributed by atoms with Gasteiger partial charge in [-0.2, -0.15) is 0 Å². The molecular weight excluding hydrogens is 236 g/mol. The zero-order valence-electron chi connectivity index (χ0n) is 9.27. The summed E-state index contributed by atoms with van der Waals surface area (Å²) in [4.78, 5) is 0. The minimum atomic E-state index is -0.0820. The second-order valence-corrected chi connectivity index (χ2v) is 4.04. The van der Waals surface area contributed by atoms with Gasteiger partial charge in [-0.05, 0) is 17.2 Å². The van der Waals surface area contributed by atoms with Crippen LogP contribution in [-0.4, -0.2) is 5.11 Å². The minimum Gasteiger partial charge on any atom is -0.487 e. The first-order valence-electron chi connectivity index (χ1n) is 5.36. The van der Waals surface area contributed by atoms with Gasteiger partial charge in [0.1, 0.15) is 12.4 Å². The largest absolute Gasteiger partial charge is 0.487 e. The van der Waals surface area contributed by atoms with E-state index in [-0.39, 0.29) is 6.61 Å². The molecule has 0 aliphatic rings. The Morgan fingerprint density at radius 1 is 1.00 bits per heavy atom. The number of aliphatic hydroxyl groups excluding tert-OH is 1. The Morgan fingerprint density at radius 3 is 2.47 bits per heavy atom. The number of halogens is 1. The van der Waals surface area contributed by atoms with Crippen LogP contribution < -0.4 is 4.74 Å². The number of rotatable bonds is 4. The zero-order chi connectivity index (χ0) is 12.1. The highest BCUT2D eigenvalue weighted by atomic mass is 35.5. The summed E-state index contributed by atoms with van der Waals surface area (Å²) in [7, 11) is 0. The Morgan fingerprint density at radius 2 is 1.76 bits per heavy atom. The van der Waals surface area contributed by atoms with Gasteiger partial charge < -0.3 is 9.84 Å². The Labute approximate surface area is 105 Å². The maximum absolute atomic E-state index is 9.09. The van der Waals surface area contributed by atoms with E-state index < -0.39 is 0 Å².